The van der Waals surface area contributed by atoms with Crippen LogP contribution in [0, 0.1) is 0 Å². The summed E-state index contributed by atoms with van der Waals surface area (Å²) in [7, 11) is 0. The molecule has 1 N–H and O–H groups in total. The van der Waals surface area contributed by atoms with Crippen molar-refractivity contribution in [2.24, 2.45) is 0 Å². The van der Waals surface area contributed by atoms with Crippen molar-refractivity contribution in [3.8, 4) is 0 Å². The molecule has 0 aliphatic heterocycles. The summed E-state index contributed by atoms with van der Waals surface area (Å²) in [6.45, 7) is 7.41. The SMILES string of the molecule is C/C=C(\C)c1cc(Cl)ccc1NCCCCC. The monoisotopic (exact) mass is 251 g/mol. The molecule has 0 unspecified atom stereocenters. The van der Waals surface area contributed by atoms with E-state index in [1.165, 1.54) is 36.1 Å². The van der Waals surface area contributed by atoms with Gasteiger partial charge in [0.1, 0.15) is 0 Å². The van der Waals surface area contributed by atoms with Crippen molar-refractivity contribution in [2.45, 2.75) is 40.0 Å². The Morgan fingerprint density at radius 3 is 2.76 bits per heavy atom. The smallest absolute Gasteiger partial charge is 0.0417 e. The second kappa shape index (κ2) is 7.39. The van der Waals surface area contributed by atoms with Gasteiger partial charge < -0.3 is 5.32 Å². The molecular weight excluding hydrogens is 230 g/mol. The first-order valence-electron chi connectivity index (χ1n) is 6.35. The molecule has 0 atom stereocenters. The van der Waals surface area contributed by atoms with E-state index in [0.29, 0.717) is 0 Å². The lowest BCUT2D eigenvalue weighted by Crippen LogP contribution is -2.03. The standard InChI is InChI=1S/C15H22ClN/c1-4-6-7-10-17-15-9-8-13(16)11-14(15)12(3)5-2/h5,8-9,11,17H,4,6-7,10H2,1-3H3/b12-5+. The zero-order valence-electron chi connectivity index (χ0n) is 11.0. The second-order valence-electron chi connectivity index (χ2n) is 4.30. The highest BCUT2D eigenvalue weighted by Gasteiger charge is 2.04. The minimum atomic E-state index is 0.792. The molecule has 94 valence electrons. The molecule has 0 spiro atoms. The third-order valence-corrected chi connectivity index (χ3v) is 3.17. The van der Waals surface area contributed by atoms with E-state index in [-0.39, 0.29) is 0 Å². The van der Waals surface area contributed by atoms with Crippen LogP contribution in [0.5, 0.6) is 0 Å². The topological polar surface area (TPSA) is 12.0 Å². The van der Waals surface area contributed by atoms with Gasteiger partial charge in [0.15, 0.2) is 0 Å². The lowest BCUT2D eigenvalue weighted by atomic mass is 10.0. The van der Waals surface area contributed by atoms with E-state index in [1.54, 1.807) is 0 Å². The fraction of sp³-hybridized carbons (Fsp3) is 0.467. The molecular formula is C15H22ClN. The van der Waals surface area contributed by atoms with E-state index in [1.807, 2.05) is 12.1 Å². The zero-order chi connectivity index (χ0) is 12.7. The molecule has 1 aromatic carbocycles. The third-order valence-electron chi connectivity index (χ3n) is 2.94. The van der Waals surface area contributed by atoms with Crippen molar-refractivity contribution in [1.82, 2.24) is 0 Å². The summed E-state index contributed by atoms with van der Waals surface area (Å²) in [4.78, 5) is 0. The van der Waals surface area contributed by atoms with Crippen molar-refractivity contribution >= 4 is 22.9 Å². The Labute approximate surface area is 110 Å². The van der Waals surface area contributed by atoms with E-state index in [2.05, 4.69) is 38.2 Å². The first-order valence-corrected chi connectivity index (χ1v) is 6.73. The highest BCUT2D eigenvalue weighted by molar-refractivity contribution is 6.30. The molecule has 0 saturated carbocycles. The van der Waals surface area contributed by atoms with Gasteiger partial charge >= 0.3 is 0 Å². The van der Waals surface area contributed by atoms with Gasteiger partial charge in [-0.05, 0) is 44.0 Å². The molecule has 0 aliphatic carbocycles. The van der Waals surface area contributed by atoms with Crippen molar-refractivity contribution in [3.05, 3.63) is 34.9 Å². The predicted octanol–water partition coefficient (Wildman–Crippen LogP) is 5.37. The minimum Gasteiger partial charge on any atom is -0.385 e. The Kier molecular flexibility index (Phi) is 6.13. The van der Waals surface area contributed by atoms with Crippen LogP contribution in [0.2, 0.25) is 5.02 Å². The number of allylic oxidation sites excluding steroid dienone is 2. The van der Waals surface area contributed by atoms with Gasteiger partial charge in [-0.15, -0.1) is 0 Å². The summed E-state index contributed by atoms with van der Waals surface area (Å²) >= 11 is 6.05. The molecule has 0 saturated heterocycles. The Morgan fingerprint density at radius 1 is 1.35 bits per heavy atom. The molecule has 1 nitrogen and oxygen atoms in total. The van der Waals surface area contributed by atoms with Gasteiger partial charge in [-0.25, -0.2) is 0 Å². The summed E-state index contributed by atoms with van der Waals surface area (Å²) in [5.74, 6) is 0. The molecule has 1 rings (SSSR count). The molecule has 0 bridgehead atoms. The van der Waals surface area contributed by atoms with Gasteiger partial charge in [-0.1, -0.05) is 37.4 Å². The molecule has 1 aromatic rings. The fourth-order valence-electron chi connectivity index (χ4n) is 1.75. The molecule has 2 heteroatoms. The summed E-state index contributed by atoms with van der Waals surface area (Å²) in [5, 5.41) is 4.28. The maximum absolute atomic E-state index is 6.05. The van der Waals surface area contributed by atoms with Crippen LogP contribution in [0.25, 0.3) is 5.57 Å². The quantitative estimate of drug-likeness (QED) is 0.671. The van der Waals surface area contributed by atoms with Crippen molar-refractivity contribution in [2.75, 3.05) is 11.9 Å². The van der Waals surface area contributed by atoms with Crippen LogP contribution in [0.3, 0.4) is 0 Å². The van der Waals surface area contributed by atoms with Crippen LogP contribution in [0.4, 0.5) is 5.69 Å². The summed E-state index contributed by atoms with van der Waals surface area (Å²) in [6.07, 6.45) is 5.86. The number of anilines is 1. The van der Waals surface area contributed by atoms with Crippen molar-refractivity contribution < 1.29 is 0 Å². The average Bonchev–Trinajstić information content (AvgIpc) is 2.35. The van der Waals surface area contributed by atoms with Crippen molar-refractivity contribution in [3.63, 3.8) is 0 Å². The fourth-order valence-corrected chi connectivity index (χ4v) is 1.92. The lowest BCUT2D eigenvalue weighted by Gasteiger charge is -2.12. The average molecular weight is 252 g/mol. The summed E-state index contributed by atoms with van der Waals surface area (Å²) in [6, 6.07) is 6.03. The zero-order valence-corrected chi connectivity index (χ0v) is 11.8. The van der Waals surface area contributed by atoms with E-state index in [0.717, 1.165) is 11.6 Å². The number of hydrogen-bond donors (Lipinski definition) is 1. The molecule has 0 radical (unpaired) electrons. The van der Waals surface area contributed by atoms with Crippen LogP contribution in [0.1, 0.15) is 45.6 Å². The van der Waals surface area contributed by atoms with Crippen LogP contribution in [-0.4, -0.2) is 6.54 Å². The molecule has 0 aromatic heterocycles. The maximum atomic E-state index is 6.05. The van der Waals surface area contributed by atoms with Crippen LogP contribution >= 0.6 is 11.6 Å². The molecule has 0 amide bonds. The number of hydrogen-bond acceptors (Lipinski definition) is 1. The molecule has 0 fully saturated rings. The van der Waals surface area contributed by atoms with Crippen LogP contribution in [-0.2, 0) is 0 Å². The summed E-state index contributed by atoms with van der Waals surface area (Å²) in [5.41, 5.74) is 3.64. The van der Waals surface area contributed by atoms with E-state index in [4.69, 9.17) is 11.6 Å². The maximum Gasteiger partial charge on any atom is 0.0417 e. The Morgan fingerprint density at radius 2 is 2.12 bits per heavy atom. The predicted molar refractivity (Wildman–Crippen MR) is 78.8 cm³/mol. The number of halogens is 1. The normalized spacial score (nSPS) is 11.6. The second-order valence-corrected chi connectivity index (χ2v) is 4.73. The van der Waals surface area contributed by atoms with Crippen LogP contribution in [0.15, 0.2) is 24.3 Å². The van der Waals surface area contributed by atoms with E-state index >= 15 is 0 Å². The number of benzene rings is 1. The van der Waals surface area contributed by atoms with Crippen LogP contribution < -0.4 is 5.32 Å². The molecule has 17 heavy (non-hydrogen) atoms. The highest BCUT2D eigenvalue weighted by Crippen LogP contribution is 2.27. The first-order chi connectivity index (χ1) is 8.19. The van der Waals surface area contributed by atoms with E-state index < -0.39 is 0 Å². The van der Waals surface area contributed by atoms with Gasteiger partial charge in [0.2, 0.25) is 0 Å². The lowest BCUT2D eigenvalue weighted by molar-refractivity contribution is 0.743. The first kappa shape index (κ1) is 14.1. The van der Waals surface area contributed by atoms with Gasteiger partial charge in [0.05, 0.1) is 0 Å². The Hall–Kier alpha value is -0.950. The van der Waals surface area contributed by atoms with Gasteiger partial charge in [0.25, 0.3) is 0 Å². The summed E-state index contributed by atoms with van der Waals surface area (Å²) < 4.78 is 0. The number of nitrogens with one attached hydrogen (secondary N) is 1. The minimum absolute atomic E-state index is 0.792. The number of rotatable bonds is 6. The largest absolute Gasteiger partial charge is 0.385 e. The molecule has 0 aliphatic rings. The van der Waals surface area contributed by atoms with Gasteiger partial charge in [-0.3, -0.25) is 0 Å². The van der Waals surface area contributed by atoms with Crippen molar-refractivity contribution in [1.29, 1.82) is 0 Å². The molecule has 0 heterocycles. The van der Waals surface area contributed by atoms with Gasteiger partial charge in [0, 0.05) is 22.8 Å². The number of unbranched alkanes of at least 4 members (excludes halogenated alkanes) is 2. The van der Waals surface area contributed by atoms with E-state index in [9.17, 15) is 0 Å². The third kappa shape index (κ3) is 4.43. The Bertz CT molecular complexity index is 383. The highest BCUT2D eigenvalue weighted by atomic mass is 35.5. The van der Waals surface area contributed by atoms with Gasteiger partial charge in [-0.2, -0.15) is 0 Å². The Balaban J connectivity index is 2.76.